The van der Waals surface area contributed by atoms with Crippen molar-refractivity contribution in [2.24, 2.45) is 5.16 Å². The van der Waals surface area contributed by atoms with Gasteiger partial charge < -0.3 is 14.1 Å². The summed E-state index contributed by atoms with van der Waals surface area (Å²) in [4.78, 5) is 5.02. The van der Waals surface area contributed by atoms with Gasteiger partial charge in [0.25, 0.3) is 9.55 Å². The van der Waals surface area contributed by atoms with Crippen LogP contribution in [0.15, 0.2) is 15.7 Å². The first-order valence-electron chi connectivity index (χ1n) is 5.49. The second-order valence-electron chi connectivity index (χ2n) is 4.77. The zero-order valence-corrected chi connectivity index (χ0v) is 13.2. The minimum absolute atomic E-state index is 0.0573. The van der Waals surface area contributed by atoms with E-state index in [9.17, 15) is 8.42 Å². The molecule has 0 radical (unpaired) electrons. The highest BCUT2D eigenvalue weighted by atomic mass is 35.5. The second kappa shape index (κ2) is 4.78. The number of sulfone groups is 1. The predicted molar refractivity (Wildman–Crippen MR) is 72.6 cm³/mol. The van der Waals surface area contributed by atoms with E-state index in [2.05, 4.69) is 10.3 Å². The lowest BCUT2D eigenvalue weighted by Crippen LogP contribution is -2.32. The molecule has 10 heteroatoms. The van der Waals surface area contributed by atoms with Crippen molar-refractivity contribution < 1.29 is 22.5 Å². The first-order chi connectivity index (χ1) is 9.10. The van der Waals surface area contributed by atoms with Gasteiger partial charge in [0.15, 0.2) is 10.8 Å². The van der Waals surface area contributed by atoms with Gasteiger partial charge in [-0.05, 0) is 19.0 Å². The SMILES string of the molecule is COc1cc(C(Cl)(Cl)S(=O)(=O)C2=NOC(C)(C)C2)on1. The van der Waals surface area contributed by atoms with Crippen LogP contribution in [0.1, 0.15) is 26.0 Å². The largest absolute Gasteiger partial charge is 0.479 e. The average Bonchev–Trinajstić information content (AvgIpc) is 2.95. The number of halogens is 2. The van der Waals surface area contributed by atoms with E-state index in [0.29, 0.717) is 0 Å². The van der Waals surface area contributed by atoms with Gasteiger partial charge in [0.2, 0.25) is 9.84 Å². The van der Waals surface area contributed by atoms with Crippen LogP contribution in [-0.4, -0.2) is 31.3 Å². The third kappa shape index (κ3) is 2.47. The molecule has 0 aromatic carbocycles. The van der Waals surface area contributed by atoms with Gasteiger partial charge in [0.05, 0.1) is 7.11 Å². The summed E-state index contributed by atoms with van der Waals surface area (Å²) in [6.45, 7) is 3.39. The van der Waals surface area contributed by atoms with E-state index in [1.165, 1.54) is 13.2 Å². The van der Waals surface area contributed by atoms with Crippen LogP contribution in [0.5, 0.6) is 5.88 Å². The number of rotatable bonds is 3. The van der Waals surface area contributed by atoms with Gasteiger partial charge in [-0.15, -0.1) is 0 Å². The number of alkyl halides is 2. The van der Waals surface area contributed by atoms with E-state index in [1.807, 2.05) is 0 Å². The zero-order valence-electron chi connectivity index (χ0n) is 10.9. The molecular weight excluding hydrogens is 331 g/mol. The van der Waals surface area contributed by atoms with Crippen molar-refractivity contribution >= 4 is 38.1 Å². The lowest BCUT2D eigenvalue weighted by molar-refractivity contribution is 0.0123. The normalized spacial score (nSPS) is 18.6. The van der Waals surface area contributed by atoms with Gasteiger partial charge in [-0.2, -0.15) is 0 Å². The number of hydrogen-bond acceptors (Lipinski definition) is 7. The molecule has 7 nitrogen and oxygen atoms in total. The quantitative estimate of drug-likeness (QED) is 0.782. The molecule has 1 aromatic rings. The number of hydrogen-bond donors (Lipinski definition) is 0. The number of methoxy groups -OCH3 is 1. The van der Waals surface area contributed by atoms with Crippen LogP contribution in [0.3, 0.4) is 0 Å². The molecular formula is C10H12Cl2N2O5S. The second-order valence-corrected chi connectivity index (χ2v) is 8.63. The molecule has 0 saturated heterocycles. The van der Waals surface area contributed by atoms with Crippen molar-refractivity contribution in [1.29, 1.82) is 0 Å². The van der Waals surface area contributed by atoms with Crippen molar-refractivity contribution in [3.63, 3.8) is 0 Å². The predicted octanol–water partition coefficient (Wildman–Crippen LogP) is 2.20. The van der Waals surface area contributed by atoms with E-state index in [-0.39, 0.29) is 23.1 Å². The van der Waals surface area contributed by atoms with Gasteiger partial charge in [0.1, 0.15) is 5.60 Å². The molecule has 0 atom stereocenters. The lowest BCUT2D eigenvalue weighted by atomic mass is 10.1. The minimum Gasteiger partial charge on any atom is -0.479 e. The molecule has 0 unspecified atom stereocenters. The molecule has 20 heavy (non-hydrogen) atoms. The molecule has 0 spiro atoms. The van der Waals surface area contributed by atoms with E-state index >= 15 is 0 Å². The van der Waals surface area contributed by atoms with Crippen LogP contribution in [0.25, 0.3) is 0 Å². The maximum absolute atomic E-state index is 12.4. The Hall–Kier alpha value is -0.990. The summed E-state index contributed by atoms with van der Waals surface area (Å²) in [5.74, 6) is -0.212. The molecule has 0 N–H and O–H groups in total. The summed E-state index contributed by atoms with van der Waals surface area (Å²) in [6, 6.07) is 1.19. The van der Waals surface area contributed by atoms with E-state index < -0.39 is 19.1 Å². The molecule has 0 saturated carbocycles. The first kappa shape index (κ1) is 15.4. The van der Waals surface area contributed by atoms with Gasteiger partial charge >= 0.3 is 0 Å². The molecule has 1 aromatic heterocycles. The van der Waals surface area contributed by atoms with Gasteiger partial charge in [0, 0.05) is 12.5 Å². The summed E-state index contributed by atoms with van der Waals surface area (Å²) in [6.07, 6.45) is 0.0573. The summed E-state index contributed by atoms with van der Waals surface area (Å²) in [5.41, 5.74) is -0.731. The highest BCUT2D eigenvalue weighted by Gasteiger charge is 2.52. The third-order valence-electron chi connectivity index (χ3n) is 2.60. The number of nitrogens with zero attached hydrogens (tertiary/aromatic N) is 2. The third-order valence-corrected chi connectivity index (χ3v) is 5.91. The average molecular weight is 343 g/mol. The van der Waals surface area contributed by atoms with Crippen LogP contribution >= 0.6 is 23.2 Å². The molecule has 1 aliphatic rings. The van der Waals surface area contributed by atoms with Crippen LogP contribution in [-0.2, 0) is 18.3 Å². The molecule has 0 amide bonds. The maximum Gasteiger partial charge on any atom is 0.283 e. The smallest absolute Gasteiger partial charge is 0.283 e. The Morgan fingerprint density at radius 1 is 1.45 bits per heavy atom. The van der Waals surface area contributed by atoms with Crippen LogP contribution < -0.4 is 4.74 Å². The summed E-state index contributed by atoms with van der Waals surface area (Å²) >= 11 is 11.9. The Balaban J connectivity index is 2.38. The summed E-state index contributed by atoms with van der Waals surface area (Å²) in [5, 5.41) is 6.77. The fraction of sp³-hybridized carbons (Fsp3) is 0.600. The van der Waals surface area contributed by atoms with Gasteiger partial charge in [-0.25, -0.2) is 8.42 Å². The fourth-order valence-electron chi connectivity index (χ4n) is 1.52. The molecule has 2 rings (SSSR count). The molecule has 0 fully saturated rings. The molecule has 1 aliphatic heterocycles. The molecule has 2 heterocycles. The standard InChI is InChI=1S/C10H12Cl2N2O5S/c1-9(2)5-8(14-19-9)20(15,16)10(11,12)6-4-7(17-3)13-18-6/h4H,5H2,1-3H3. The van der Waals surface area contributed by atoms with E-state index in [0.717, 1.165) is 0 Å². The Kier molecular flexibility index (Phi) is 3.68. The van der Waals surface area contributed by atoms with Crippen molar-refractivity contribution in [2.75, 3.05) is 7.11 Å². The number of oxime groups is 1. The zero-order chi connectivity index (χ0) is 15.2. The Labute approximate surface area is 125 Å². The molecule has 112 valence electrons. The molecule has 0 bridgehead atoms. The maximum atomic E-state index is 12.4. The topological polar surface area (TPSA) is 91.0 Å². The Bertz CT molecular complexity index is 650. The minimum atomic E-state index is -4.19. The van der Waals surface area contributed by atoms with Gasteiger partial charge in [-0.1, -0.05) is 28.4 Å². The Morgan fingerprint density at radius 3 is 2.55 bits per heavy atom. The van der Waals surface area contributed by atoms with Crippen LogP contribution in [0.2, 0.25) is 0 Å². The summed E-state index contributed by atoms with van der Waals surface area (Å²) < 4.78 is 32.1. The highest BCUT2D eigenvalue weighted by Crippen LogP contribution is 2.44. The monoisotopic (exact) mass is 342 g/mol. The Morgan fingerprint density at radius 2 is 2.10 bits per heavy atom. The first-order valence-corrected chi connectivity index (χ1v) is 7.73. The van der Waals surface area contributed by atoms with Crippen molar-refractivity contribution in [1.82, 2.24) is 5.16 Å². The number of ether oxygens (including phenoxy) is 1. The van der Waals surface area contributed by atoms with Crippen molar-refractivity contribution in [3.05, 3.63) is 11.8 Å². The number of aromatic nitrogens is 1. The summed E-state index contributed by atoms with van der Waals surface area (Å²) in [7, 11) is -2.85. The van der Waals surface area contributed by atoms with Crippen LogP contribution in [0, 0.1) is 0 Å². The van der Waals surface area contributed by atoms with Crippen LogP contribution in [0.4, 0.5) is 0 Å². The highest BCUT2D eigenvalue weighted by molar-refractivity contribution is 8.09. The van der Waals surface area contributed by atoms with E-state index in [1.54, 1.807) is 13.8 Å². The van der Waals surface area contributed by atoms with Crippen molar-refractivity contribution in [2.45, 2.75) is 29.5 Å². The van der Waals surface area contributed by atoms with Gasteiger partial charge in [-0.3, -0.25) is 0 Å². The van der Waals surface area contributed by atoms with E-state index in [4.69, 9.17) is 37.3 Å². The molecule has 0 aliphatic carbocycles. The fourth-order valence-corrected chi connectivity index (χ4v) is 3.56. The van der Waals surface area contributed by atoms with Crippen molar-refractivity contribution in [3.8, 4) is 5.88 Å². The lowest BCUT2D eigenvalue weighted by Gasteiger charge is -2.17.